The van der Waals surface area contributed by atoms with Crippen molar-refractivity contribution in [3.63, 3.8) is 0 Å². The van der Waals surface area contributed by atoms with Crippen LogP contribution in [0, 0.1) is 0 Å². The topological polar surface area (TPSA) is 105 Å². The van der Waals surface area contributed by atoms with Crippen LogP contribution in [0.5, 0.6) is 0 Å². The summed E-state index contributed by atoms with van der Waals surface area (Å²) in [6.45, 7) is 4.78. The highest BCUT2D eigenvalue weighted by molar-refractivity contribution is 7.47. The lowest BCUT2D eigenvalue weighted by Crippen LogP contribution is -2.45. The highest BCUT2D eigenvalue weighted by atomic mass is 31.2. The SMILES string of the molecule is CCCCCCCCCCC/C=C\CCCCCCCC(=O)NC(COP(=O)(O)OCC[N+](C)(C)C)C(O)/C=C/CC/C=C/CCCCCCCCCCC. The molecule has 0 saturated carbocycles. The Morgan fingerprint density at radius 3 is 1.45 bits per heavy atom. The third kappa shape index (κ3) is 40.7. The Kier molecular flexibility index (Phi) is 37.4. The van der Waals surface area contributed by atoms with Gasteiger partial charge in [-0.3, -0.25) is 13.8 Å². The molecule has 0 aromatic rings. The molecule has 0 aliphatic rings. The summed E-state index contributed by atoms with van der Waals surface area (Å²) >= 11 is 0. The number of nitrogens with zero attached hydrogens (tertiary/aromatic N) is 1. The van der Waals surface area contributed by atoms with Crippen molar-refractivity contribution in [1.29, 1.82) is 0 Å². The Morgan fingerprint density at radius 1 is 0.600 bits per heavy atom. The number of quaternary nitrogens is 1. The monoisotopic (exact) mass is 798 g/mol. The van der Waals surface area contributed by atoms with Crippen LogP contribution in [0.25, 0.3) is 0 Å². The molecule has 0 aromatic heterocycles. The van der Waals surface area contributed by atoms with Crippen LogP contribution < -0.4 is 5.32 Å². The average Bonchev–Trinajstić information content (AvgIpc) is 3.13. The Bertz CT molecular complexity index is 995. The normalized spacial score (nSPS) is 14.7. The first-order chi connectivity index (χ1) is 26.5. The van der Waals surface area contributed by atoms with Gasteiger partial charge in [0.2, 0.25) is 5.91 Å². The fraction of sp³-hybridized carbons (Fsp3) is 0.848. The summed E-state index contributed by atoms with van der Waals surface area (Å²) in [4.78, 5) is 23.1. The molecule has 55 heavy (non-hydrogen) atoms. The predicted molar refractivity (Wildman–Crippen MR) is 235 cm³/mol. The van der Waals surface area contributed by atoms with Gasteiger partial charge in [-0.25, -0.2) is 4.57 Å². The Morgan fingerprint density at radius 2 is 1.00 bits per heavy atom. The van der Waals surface area contributed by atoms with Gasteiger partial charge < -0.3 is 19.8 Å². The van der Waals surface area contributed by atoms with Gasteiger partial charge in [0.25, 0.3) is 0 Å². The van der Waals surface area contributed by atoms with E-state index in [9.17, 15) is 19.4 Å². The van der Waals surface area contributed by atoms with E-state index < -0.39 is 20.0 Å². The second-order valence-electron chi connectivity index (χ2n) is 16.8. The van der Waals surface area contributed by atoms with Crippen molar-refractivity contribution in [3.8, 4) is 0 Å². The number of carbonyl (C=O) groups excluding carboxylic acids is 1. The largest absolute Gasteiger partial charge is 0.472 e. The summed E-state index contributed by atoms with van der Waals surface area (Å²) in [5.74, 6) is -0.196. The van der Waals surface area contributed by atoms with Gasteiger partial charge in [-0.2, -0.15) is 0 Å². The number of allylic oxidation sites excluding steroid dienone is 5. The zero-order valence-electron chi connectivity index (χ0n) is 36.7. The number of rotatable bonds is 41. The number of hydrogen-bond acceptors (Lipinski definition) is 5. The molecule has 0 bridgehead atoms. The molecule has 0 rings (SSSR count). The number of unbranched alkanes of at least 4 members (excludes halogenated alkanes) is 24. The molecular weight excluding hydrogens is 707 g/mol. The van der Waals surface area contributed by atoms with E-state index in [1.807, 2.05) is 27.2 Å². The number of aliphatic hydroxyl groups is 1. The summed E-state index contributed by atoms with van der Waals surface area (Å²) in [6, 6.07) is -0.865. The number of hydrogen-bond donors (Lipinski definition) is 3. The van der Waals surface area contributed by atoms with Crippen LogP contribution >= 0.6 is 7.82 Å². The second kappa shape index (κ2) is 38.2. The van der Waals surface area contributed by atoms with E-state index in [1.165, 1.54) is 128 Å². The number of amides is 1. The van der Waals surface area contributed by atoms with Crippen molar-refractivity contribution in [2.45, 2.75) is 212 Å². The molecule has 0 radical (unpaired) electrons. The average molecular weight is 798 g/mol. The molecule has 1 amide bonds. The number of likely N-dealkylation sites (N-methyl/N-ethyl adjacent to an activating group) is 1. The molecule has 0 heterocycles. The van der Waals surface area contributed by atoms with E-state index in [0.717, 1.165) is 51.4 Å². The van der Waals surface area contributed by atoms with Crippen LogP contribution in [0.2, 0.25) is 0 Å². The fourth-order valence-electron chi connectivity index (χ4n) is 6.40. The molecule has 3 unspecified atom stereocenters. The van der Waals surface area contributed by atoms with Crippen LogP contribution in [-0.2, 0) is 18.4 Å². The lowest BCUT2D eigenvalue weighted by molar-refractivity contribution is -0.870. The van der Waals surface area contributed by atoms with E-state index in [2.05, 4.69) is 43.5 Å². The minimum atomic E-state index is -4.35. The van der Waals surface area contributed by atoms with Crippen LogP contribution in [0.1, 0.15) is 200 Å². The number of phosphoric ester groups is 1. The zero-order chi connectivity index (χ0) is 40.7. The molecule has 0 fully saturated rings. The molecule has 3 atom stereocenters. The van der Waals surface area contributed by atoms with Gasteiger partial charge in [0.15, 0.2) is 0 Å². The third-order valence-electron chi connectivity index (χ3n) is 10.1. The summed E-state index contributed by atoms with van der Waals surface area (Å²) in [7, 11) is 1.55. The van der Waals surface area contributed by atoms with E-state index in [4.69, 9.17) is 9.05 Å². The Labute approximate surface area is 340 Å². The molecule has 0 aliphatic carbocycles. The number of phosphoric acid groups is 1. The van der Waals surface area contributed by atoms with Crippen molar-refractivity contribution < 1.29 is 32.9 Å². The van der Waals surface area contributed by atoms with Gasteiger partial charge in [-0.15, -0.1) is 0 Å². The van der Waals surface area contributed by atoms with Gasteiger partial charge in [-0.05, 0) is 57.8 Å². The van der Waals surface area contributed by atoms with E-state index >= 15 is 0 Å². The maximum atomic E-state index is 12.9. The molecule has 0 spiro atoms. The molecule has 8 nitrogen and oxygen atoms in total. The van der Waals surface area contributed by atoms with Gasteiger partial charge >= 0.3 is 7.82 Å². The molecule has 3 N–H and O–H groups in total. The van der Waals surface area contributed by atoms with Crippen molar-refractivity contribution in [1.82, 2.24) is 5.32 Å². The zero-order valence-corrected chi connectivity index (χ0v) is 37.6. The summed E-state index contributed by atoms with van der Waals surface area (Å²) in [6.07, 6.45) is 46.4. The summed E-state index contributed by atoms with van der Waals surface area (Å²) in [5, 5.41) is 13.8. The third-order valence-corrected chi connectivity index (χ3v) is 11.1. The molecule has 0 aromatic carbocycles. The van der Waals surface area contributed by atoms with Crippen LogP contribution in [0.4, 0.5) is 0 Å². The van der Waals surface area contributed by atoms with Crippen molar-refractivity contribution in [2.24, 2.45) is 0 Å². The van der Waals surface area contributed by atoms with E-state index in [0.29, 0.717) is 17.4 Å². The predicted octanol–water partition coefficient (Wildman–Crippen LogP) is 12.7. The van der Waals surface area contributed by atoms with Crippen LogP contribution in [0.15, 0.2) is 36.5 Å². The fourth-order valence-corrected chi connectivity index (χ4v) is 7.14. The minimum absolute atomic E-state index is 0.0546. The van der Waals surface area contributed by atoms with Crippen molar-refractivity contribution in [2.75, 3.05) is 40.9 Å². The second-order valence-corrected chi connectivity index (χ2v) is 18.2. The van der Waals surface area contributed by atoms with Gasteiger partial charge in [0.05, 0.1) is 39.9 Å². The lowest BCUT2D eigenvalue weighted by Gasteiger charge is -2.25. The molecule has 0 aliphatic heterocycles. The summed E-state index contributed by atoms with van der Waals surface area (Å²) in [5.41, 5.74) is 0. The maximum absolute atomic E-state index is 12.9. The highest BCUT2D eigenvalue weighted by Gasteiger charge is 2.27. The van der Waals surface area contributed by atoms with Crippen LogP contribution in [0.3, 0.4) is 0 Å². The smallest absolute Gasteiger partial charge is 0.387 e. The minimum Gasteiger partial charge on any atom is -0.387 e. The Hall–Kier alpha value is -1.28. The maximum Gasteiger partial charge on any atom is 0.472 e. The standard InChI is InChI=1S/C46H89N2O6P/c1-6-8-10-12-14-16-18-20-22-23-24-26-28-30-32-34-36-38-40-46(50)47-44(43-54-55(51,52)53-42-41-48(3,4)5)45(49)39-37-35-33-31-29-27-25-21-19-17-15-13-11-9-7-2/h24,26,29,31,37,39,44-45,49H,6-23,25,27-28,30,32-36,38,40-43H2,1-5H3,(H-,47,50,51,52)/p+1/b26-24-,31-29+,39-37+. The molecule has 324 valence electrons. The Balaban J connectivity index is 4.46. The number of aliphatic hydroxyl groups excluding tert-OH is 1. The molecule has 9 heteroatoms. The number of carbonyl (C=O) groups is 1. The van der Waals surface area contributed by atoms with Crippen molar-refractivity contribution in [3.05, 3.63) is 36.5 Å². The van der Waals surface area contributed by atoms with E-state index in [-0.39, 0.29) is 19.1 Å². The first-order valence-corrected chi connectivity index (χ1v) is 24.4. The molecule has 0 saturated heterocycles. The number of nitrogens with one attached hydrogen (secondary N) is 1. The first-order valence-electron chi connectivity index (χ1n) is 22.9. The summed E-state index contributed by atoms with van der Waals surface area (Å²) < 4.78 is 23.5. The van der Waals surface area contributed by atoms with E-state index in [1.54, 1.807) is 6.08 Å². The van der Waals surface area contributed by atoms with Gasteiger partial charge in [0, 0.05) is 6.42 Å². The van der Waals surface area contributed by atoms with Crippen molar-refractivity contribution >= 4 is 13.7 Å². The lowest BCUT2D eigenvalue weighted by atomic mass is 10.1. The quantitative estimate of drug-likeness (QED) is 0.0246. The van der Waals surface area contributed by atoms with Gasteiger partial charge in [0.1, 0.15) is 13.2 Å². The van der Waals surface area contributed by atoms with Crippen LogP contribution in [-0.4, -0.2) is 73.4 Å². The highest BCUT2D eigenvalue weighted by Crippen LogP contribution is 2.43. The van der Waals surface area contributed by atoms with Gasteiger partial charge in [-0.1, -0.05) is 172 Å². The molecular formula is C46H90N2O6P+. The first kappa shape index (κ1) is 53.7.